The lowest BCUT2D eigenvalue weighted by molar-refractivity contribution is 0.265. The zero-order chi connectivity index (χ0) is 22.0. The summed E-state index contributed by atoms with van der Waals surface area (Å²) in [5, 5.41) is 16.2. The molecule has 0 amide bonds. The van der Waals surface area contributed by atoms with E-state index in [-0.39, 0.29) is 48.3 Å². The number of hydrogen-bond acceptors (Lipinski definition) is 4. The normalized spacial score (nSPS) is 12.9. The fourth-order valence-corrected chi connectivity index (χ4v) is 4.60. The van der Waals surface area contributed by atoms with Gasteiger partial charge in [0.25, 0.3) is 0 Å². The SMILES string of the molecule is CN=C(NCc1ccccc1CS(=O)(=O)NC(C)C)NCC(CO)c1ccccc1.I. The third kappa shape index (κ3) is 9.55. The molecule has 0 saturated heterocycles. The highest BCUT2D eigenvalue weighted by atomic mass is 127. The Morgan fingerprint density at radius 3 is 2.19 bits per heavy atom. The van der Waals surface area contributed by atoms with E-state index in [4.69, 9.17) is 0 Å². The predicted octanol–water partition coefficient (Wildman–Crippen LogP) is 2.57. The summed E-state index contributed by atoms with van der Waals surface area (Å²) in [6.07, 6.45) is 0. The second-order valence-electron chi connectivity index (χ2n) is 7.40. The first-order valence-corrected chi connectivity index (χ1v) is 11.7. The van der Waals surface area contributed by atoms with Gasteiger partial charge in [-0.25, -0.2) is 13.1 Å². The van der Waals surface area contributed by atoms with Gasteiger partial charge in [0.15, 0.2) is 5.96 Å². The van der Waals surface area contributed by atoms with Crippen molar-refractivity contribution in [2.24, 2.45) is 4.99 Å². The molecule has 2 aromatic rings. The molecule has 0 heterocycles. The monoisotopic (exact) mass is 560 g/mol. The number of aliphatic hydroxyl groups is 1. The molecule has 172 valence electrons. The van der Waals surface area contributed by atoms with Crippen LogP contribution in [0.25, 0.3) is 0 Å². The standard InChI is InChI=1S/C22H32N4O3S.HI/c1-17(2)26-30(28,29)16-20-12-8-7-11-19(20)13-24-22(23-3)25-14-21(15-27)18-9-5-4-6-10-18;/h4-12,17,21,26-27H,13-16H2,1-3H3,(H2,23,24,25);1H. The molecule has 0 spiro atoms. The van der Waals surface area contributed by atoms with Gasteiger partial charge in [0.05, 0.1) is 12.4 Å². The summed E-state index contributed by atoms with van der Waals surface area (Å²) in [6, 6.07) is 17.1. The average Bonchev–Trinajstić information content (AvgIpc) is 2.71. The third-order valence-corrected chi connectivity index (χ3v) is 6.08. The number of benzene rings is 2. The van der Waals surface area contributed by atoms with E-state index in [0.717, 1.165) is 16.7 Å². The number of aliphatic hydroxyl groups excluding tert-OH is 1. The van der Waals surface area contributed by atoms with E-state index in [1.165, 1.54) is 0 Å². The second-order valence-corrected chi connectivity index (χ2v) is 9.15. The van der Waals surface area contributed by atoms with Gasteiger partial charge in [-0.15, -0.1) is 24.0 Å². The lowest BCUT2D eigenvalue weighted by Gasteiger charge is -2.19. The molecule has 1 atom stereocenters. The van der Waals surface area contributed by atoms with Gasteiger partial charge in [-0.05, 0) is 30.5 Å². The molecule has 0 saturated carbocycles. The Hall–Kier alpha value is -1.69. The fourth-order valence-electron chi connectivity index (χ4n) is 3.11. The lowest BCUT2D eigenvalue weighted by Crippen LogP contribution is -2.39. The van der Waals surface area contributed by atoms with Gasteiger partial charge in [0.2, 0.25) is 10.0 Å². The number of sulfonamides is 1. The van der Waals surface area contributed by atoms with Crippen molar-refractivity contribution in [2.75, 3.05) is 20.2 Å². The Balaban J connectivity index is 0.00000480. The first kappa shape index (κ1) is 27.3. The zero-order valence-electron chi connectivity index (χ0n) is 18.2. The van der Waals surface area contributed by atoms with Crippen molar-refractivity contribution < 1.29 is 13.5 Å². The topological polar surface area (TPSA) is 103 Å². The van der Waals surface area contributed by atoms with Crippen molar-refractivity contribution in [3.05, 3.63) is 71.3 Å². The Morgan fingerprint density at radius 2 is 1.61 bits per heavy atom. The Labute approximate surface area is 202 Å². The van der Waals surface area contributed by atoms with Crippen molar-refractivity contribution in [1.29, 1.82) is 0 Å². The minimum atomic E-state index is -3.41. The zero-order valence-corrected chi connectivity index (χ0v) is 21.4. The van der Waals surface area contributed by atoms with Crippen molar-refractivity contribution in [3.63, 3.8) is 0 Å². The van der Waals surface area contributed by atoms with Crippen LogP contribution in [0.15, 0.2) is 59.6 Å². The van der Waals surface area contributed by atoms with E-state index in [9.17, 15) is 13.5 Å². The van der Waals surface area contributed by atoms with E-state index >= 15 is 0 Å². The highest BCUT2D eigenvalue weighted by molar-refractivity contribution is 14.0. The van der Waals surface area contributed by atoms with Crippen LogP contribution in [-0.4, -0.2) is 45.7 Å². The summed E-state index contributed by atoms with van der Waals surface area (Å²) < 4.78 is 27.2. The minimum absolute atomic E-state index is 0. The summed E-state index contributed by atoms with van der Waals surface area (Å²) in [7, 11) is -1.73. The number of nitrogens with zero attached hydrogens (tertiary/aromatic N) is 1. The van der Waals surface area contributed by atoms with Crippen molar-refractivity contribution >= 4 is 40.0 Å². The number of rotatable bonds is 10. The first-order valence-electron chi connectivity index (χ1n) is 10.0. The van der Waals surface area contributed by atoms with Gasteiger partial charge < -0.3 is 15.7 Å². The number of aliphatic imine (C=N–C) groups is 1. The first-order chi connectivity index (χ1) is 14.3. The maximum Gasteiger partial charge on any atom is 0.216 e. The molecule has 0 aliphatic heterocycles. The second kappa shape index (κ2) is 13.7. The molecule has 1 unspecified atom stereocenters. The van der Waals surface area contributed by atoms with Crippen LogP contribution in [0.3, 0.4) is 0 Å². The van der Waals surface area contributed by atoms with Crippen LogP contribution in [0.4, 0.5) is 0 Å². The highest BCUT2D eigenvalue weighted by Crippen LogP contribution is 2.14. The summed E-state index contributed by atoms with van der Waals surface area (Å²) in [4.78, 5) is 4.23. The Morgan fingerprint density at radius 1 is 1.00 bits per heavy atom. The molecule has 0 aliphatic carbocycles. The van der Waals surface area contributed by atoms with Crippen molar-refractivity contribution in [3.8, 4) is 0 Å². The average molecular weight is 561 g/mol. The molecule has 4 N–H and O–H groups in total. The predicted molar refractivity (Wildman–Crippen MR) is 137 cm³/mol. The summed E-state index contributed by atoms with van der Waals surface area (Å²) in [5.74, 6) is 0.460. The number of hydrogen-bond donors (Lipinski definition) is 4. The van der Waals surface area contributed by atoms with E-state index < -0.39 is 10.0 Å². The van der Waals surface area contributed by atoms with Gasteiger partial charge in [-0.3, -0.25) is 4.99 Å². The molecule has 0 fully saturated rings. The molecule has 0 bridgehead atoms. The van der Waals surface area contributed by atoms with Crippen molar-refractivity contribution in [2.45, 2.75) is 38.1 Å². The number of halogens is 1. The molecule has 2 aromatic carbocycles. The Kier molecular flexibility index (Phi) is 12.1. The van der Waals surface area contributed by atoms with Crippen LogP contribution in [0.5, 0.6) is 0 Å². The quantitative estimate of drug-likeness (QED) is 0.203. The van der Waals surface area contributed by atoms with Gasteiger partial charge in [0, 0.05) is 32.1 Å². The van der Waals surface area contributed by atoms with E-state index in [1.54, 1.807) is 20.9 Å². The molecule has 0 aromatic heterocycles. The fraction of sp³-hybridized carbons (Fsp3) is 0.409. The van der Waals surface area contributed by atoms with E-state index in [0.29, 0.717) is 19.0 Å². The molecule has 0 aliphatic rings. The largest absolute Gasteiger partial charge is 0.396 e. The van der Waals surface area contributed by atoms with Gasteiger partial charge in [-0.2, -0.15) is 0 Å². The molecule has 7 nitrogen and oxygen atoms in total. The minimum Gasteiger partial charge on any atom is -0.396 e. The molecular formula is C22H33IN4O3S. The number of guanidine groups is 1. The van der Waals surface area contributed by atoms with Crippen LogP contribution in [-0.2, 0) is 22.3 Å². The molecule has 31 heavy (non-hydrogen) atoms. The van der Waals surface area contributed by atoms with Crippen LogP contribution < -0.4 is 15.4 Å². The highest BCUT2D eigenvalue weighted by Gasteiger charge is 2.16. The van der Waals surface area contributed by atoms with Gasteiger partial charge in [0.1, 0.15) is 0 Å². The summed E-state index contributed by atoms with van der Waals surface area (Å²) in [6.45, 7) is 4.58. The maximum atomic E-state index is 12.3. The third-order valence-electron chi connectivity index (χ3n) is 4.56. The van der Waals surface area contributed by atoms with Crippen molar-refractivity contribution in [1.82, 2.24) is 15.4 Å². The summed E-state index contributed by atoms with van der Waals surface area (Å²) >= 11 is 0. The molecular weight excluding hydrogens is 527 g/mol. The number of nitrogens with one attached hydrogen (secondary N) is 3. The van der Waals surface area contributed by atoms with E-state index in [2.05, 4.69) is 20.3 Å². The van der Waals surface area contributed by atoms with Gasteiger partial charge in [-0.1, -0.05) is 54.6 Å². The van der Waals surface area contributed by atoms with Crippen LogP contribution in [0, 0.1) is 0 Å². The smallest absolute Gasteiger partial charge is 0.216 e. The van der Waals surface area contributed by atoms with Crippen LogP contribution >= 0.6 is 24.0 Å². The molecule has 0 radical (unpaired) electrons. The van der Waals surface area contributed by atoms with E-state index in [1.807, 2.05) is 54.6 Å². The molecule has 9 heteroatoms. The maximum absolute atomic E-state index is 12.3. The van der Waals surface area contributed by atoms with Crippen LogP contribution in [0.2, 0.25) is 0 Å². The molecule has 2 rings (SSSR count). The van der Waals surface area contributed by atoms with Gasteiger partial charge >= 0.3 is 0 Å². The lowest BCUT2D eigenvalue weighted by atomic mass is 10.0. The Bertz CT molecular complexity index is 921. The van der Waals surface area contributed by atoms with Crippen LogP contribution in [0.1, 0.15) is 36.5 Å². The summed E-state index contributed by atoms with van der Waals surface area (Å²) in [5.41, 5.74) is 2.68.